The van der Waals surface area contributed by atoms with Crippen molar-refractivity contribution in [3.8, 4) is 0 Å². The van der Waals surface area contributed by atoms with Crippen molar-refractivity contribution in [1.82, 2.24) is 0 Å². The molecule has 186 valence electrons. The summed E-state index contributed by atoms with van der Waals surface area (Å²) in [7, 11) is 1.50. The van der Waals surface area contributed by atoms with Crippen molar-refractivity contribution in [2.75, 3.05) is 24.6 Å². The van der Waals surface area contributed by atoms with Crippen molar-refractivity contribution >= 4 is 36.7 Å². The third-order valence-electron chi connectivity index (χ3n) is 3.18. The van der Waals surface area contributed by atoms with E-state index in [1.807, 2.05) is 51.8 Å². The Bertz CT molecular complexity index is 561. The van der Waals surface area contributed by atoms with Gasteiger partial charge in [0.1, 0.15) is 25.0 Å². The first kappa shape index (κ1) is 36.6. The molecular weight excluding hydrogens is 410 g/mol. The molecule has 0 fully saturated rings. The van der Waals surface area contributed by atoms with Crippen LogP contribution in [0.25, 0.3) is 0 Å². The van der Waals surface area contributed by atoms with Crippen molar-refractivity contribution in [2.45, 2.75) is 78.7 Å². The molecule has 5 N–H and O–H groups in total. The first-order chi connectivity index (χ1) is 15.2. The number of benzene rings is 1. The van der Waals surface area contributed by atoms with Gasteiger partial charge in [-0.1, -0.05) is 31.9 Å². The normalized spacial score (nSPS) is 8.84. The third kappa shape index (κ3) is 31.9. The van der Waals surface area contributed by atoms with Gasteiger partial charge in [-0.2, -0.15) is 0 Å². The number of nitrogens with one attached hydrogen (secondary N) is 1. The van der Waals surface area contributed by atoms with Crippen LogP contribution < -0.4 is 16.8 Å². The number of rotatable bonds is 9. The van der Waals surface area contributed by atoms with E-state index < -0.39 is 0 Å². The highest BCUT2D eigenvalue weighted by atomic mass is 16.6. The van der Waals surface area contributed by atoms with Gasteiger partial charge in [0, 0.05) is 19.4 Å². The average molecular weight is 456 g/mol. The van der Waals surface area contributed by atoms with Gasteiger partial charge in [0.15, 0.2) is 0 Å². The number of carbonyl (C=O) groups excluding carboxylic acids is 4. The molecule has 0 saturated carbocycles. The Hall–Kier alpha value is -2.74. The molecular formula is C24H45N3O5. The van der Waals surface area contributed by atoms with Gasteiger partial charge in [0.05, 0.1) is 11.4 Å². The number of carbonyl (C=O) groups is 4. The van der Waals surface area contributed by atoms with Crippen LogP contribution in [0.3, 0.4) is 0 Å². The van der Waals surface area contributed by atoms with Crippen LogP contribution in [-0.2, 0) is 23.9 Å². The van der Waals surface area contributed by atoms with E-state index in [-0.39, 0.29) is 11.6 Å². The number of unbranched alkanes of at least 4 members (excludes halogenated alkanes) is 3. The van der Waals surface area contributed by atoms with Gasteiger partial charge >= 0.3 is 5.97 Å². The largest absolute Gasteiger partial charge is 0.460 e. The third-order valence-corrected chi connectivity index (χ3v) is 3.18. The second kappa shape index (κ2) is 28.3. The summed E-state index contributed by atoms with van der Waals surface area (Å²) in [5.74, 6) is -0.0732. The van der Waals surface area contributed by atoms with Crippen molar-refractivity contribution in [3.63, 3.8) is 0 Å². The number of nitrogen functional groups attached to an aromatic ring is 1. The molecule has 0 aliphatic rings. The first-order valence-corrected chi connectivity index (χ1v) is 10.7. The zero-order valence-electron chi connectivity index (χ0n) is 20.8. The second-order valence-electron chi connectivity index (χ2n) is 7.10. The highest BCUT2D eigenvalue weighted by molar-refractivity contribution is 5.69. The molecule has 0 radical (unpaired) electrons. The minimum Gasteiger partial charge on any atom is -0.460 e. The molecule has 0 aliphatic carbocycles. The van der Waals surface area contributed by atoms with Gasteiger partial charge < -0.3 is 35.9 Å². The Morgan fingerprint density at radius 1 is 1.09 bits per heavy atom. The summed E-state index contributed by atoms with van der Waals surface area (Å²) >= 11 is 0. The Morgan fingerprint density at radius 2 is 1.62 bits per heavy atom. The number of anilines is 2. The van der Waals surface area contributed by atoms with Crippen molar-refractivity contribution in [1.29, 1.82) is 0 Å². The van der Waals surface area contributed by atoms with E-state index >= 15 is 0 Å². The van der Waals surface area contributed by atoms with Crippen molar-refractivity contribution in [3.05, 3.63) is 24.3 Å². The van der Waals surface area contributed by atoms with E-state index in [1.165, 1.54) is 14.0 Å². The summed E-state index contributed by atoms with van der Waals surface area (Å²) in [5.41, 5.74) is 11.6. The predicted molar refractivity (Wildman–Crippen MR) is 134 cm³/mol. The highest BCUT2D eigenvalue weighted by Crippen LogP contribution is 2.16. The van der Waals surface area contributed by atoms with E-state index in [4.69, 9.17) is 20.1 Å². The summed E-state index contributed by atoms with van der Waals surface area (Å²) in [5, 5.41) is 3.16. The number of esters is 1. The summed E-state index contributed by atoms with van der Waals surface area (Å²) in [6, 6.07) is 7.60. The fraction of sp³-hybridized carbons (Fsp3) is 0.583. The first-order valence-electron chi connectivity index (χ1n) is 10.7. The zero-order chi connectivity index (χ0) is 25.8. The van der Waals surface area contributed by atoms with E-state index in [2.05, 4.69) is 18.0 Å². The fourth-order valence-electron chi connectivity index (χ4n) is 1.98. The van der Waals surface area contributed by atoms with Gasteiger partial charge in [-0.15, -0.1) is 0 Å². The standard InChI is InChI=1S/C10H14N2O.C10H20O2.C2H4O.CH5N.CH2O/c11-9-5-1-2-6-10(9)12-7-3-4-8-13;1-5-6-7-8-9(11)12-10(2,3)4;1-2-3;2*1-2/h1-2,5-6,8,12H,3-4,7,11H2;5-8H2,1-4H3;2H,1H3;2H2,1H3;1H2. The molecule has 32 heavy (non-hydrogen) atoms. The monoisotopic (exact) mass is 455 g/mol. The maximum absolute atomic E-state index is 11.1. The summed E-state index contributed by atoms with van der Waals surface area (Å²) < 4.78 is 5.15. The number of para-hydroxylation sites is 2. The number of nitrogens with two attached hydrogens (primary N) is 2. The van der Waals surface area contributed by atoms with Crippen molar-refractivity contribution in [2.24, 2.45) is 5.73 Å². The van der Waals surface area contributed by atoms with E-state index in [9.17, 15) is 9.59 Å². The van der Waals surface area contributed by atoms with Crippen LogP contribution >= 0.6 is 0 Å². The van der Waals surface area contributed by atoms with E-state index in [1.54, 1.807) is 0 Å². The zero-order valence-corrected chi connectivity index (χ0v) is 20.8. The quantitative estimate of drug-likeness (QED) is 0.218. The SMILES string of the molecule is C=O.CC=O.CCCCCC(=O)OC(C)(C)C.CN.Nc1ccccc1NCCCC=O. The van der Waals surface area contributed by atoms with Crippen molar-refractivity contribution < 1.29 is 23.9 Å². The smallest absolute Gasteiger partial charge is 0.306 e. The lowest BCUT2D eigenvalue weighted by Gasteiger charge is -2.19. The van der Waals surface area contributed by atoms with Crippen LogP contribution in [0.5, 0.6) is 0 Å². The number of hydrogen-bond acceptors (Lipinski definition) is 8. The molecule has 0 spiro atoms. The molecule has 8 nitrogen and oxygen atoms in total. The van der Waals surface area contributed by atoms with Gasteiger partial charge in [-0.25, -0.2) is 0 Å². The molecule has 0 atom stereocenters. The summed E-state index contributed by atoms with van der Waals surface area (Å²) in [6.45, 7) is 12.0. The molecule has 0 aliphatic heterocycles. The molecule has 1 rings (SSSR count). The lowest BCUT2D eigenvalue weighted by atomic mass is 10.2. The van der Waals surface area contributed by atoms with E-state index in [0.29, 0.717) is 12.8 Å². The molecule has 0 unspecified atom stereocenters. The summed E-state index contributed by atoms with van der Waals surface area (Å²) in [6.07, 6.45) is 6.88. The van der Waals surface area contributed by atoms with Crippen LogP contribution in [0.4, 0.5) is 11.4 Å². The minimum atomic E-state index is -0.330. The molecule has 0 amide bonds. The number of aldehydes is 2. The van der Waals surface area contributed by atoms with Gasteiger partial charge in [0.25, 0.3) is 0 Å². The Kier molecular flexibility index (Phi) is 32.3. The lowest BCUT2D eigenvalue weighted by molar-refractivity contribution is -0.154. The molecule has 0 heterocycles. The van der Waals surface area contributed by atoms with E-state index in [0.717, 1.165) is 56.2 Å². The Morgan fingerprint density at radius 3 is 2.06 bits per heavy atom. The van der Waals surface area contributed by atoms with Crippen LogP contribution in [-0.4, -0.2) is 44.5 Å². The van der Waals surface area contributed by atoms with Crippen LogP contribution in [0.1, 0.15) is 73.1 Å². The van der Waals surface area contributed by atoms with Crippen LogP contribution in [0.15, 0.2) is 24.3 Å². The topological polar surface area (TPSA) is 142 Å². The Balaban J connectivity index is -0.000000192. The highest BCUT2D eigenvalue weighted by Gasteiger charge is 2.15. The van der Waals surface area contributed by atoms with Crippen LogP contribution in [0, 0.1) is 0 Å². The minimum absolute atomic E-state index is 0.0732. The van der Waals surface area contributed by atoms with Gasteiger partial charge in [-0.3, -0.25) is 4.79 Å². The average Bonchev–Trinajstić information content (AvgIpc) is 2.75. The molecule has 0 saturated heterocycles. The molecule has 0 aromatic heterocycles. The molecule has 0 bridgehead atoms. The molecule has 1 aromatic rings. The molecule has 1 aromatic carbocycles. The van der Waals surface area contributed by atoms with Gasteiger partial charge in [-0.05, 0) is 59.7 Å². The number of hydrogen-bond donors (Lipinski definition) is 3. The second-order valence-corrected chi connectivity index (χ2v) is 7.10. The molecule has 8 heteroatoms. The maximum atomic E-state index is 11.1. The maximum Gasteiger partial charge on any atom is 0.306 e. The number of ether oxygens (including phenoxy) is 1. The van der Waals surface area contributed by atoms with Crippen LogP contribution in [0.2, 0.25) is 0 Å². The Labute approximate surface area is 194 Å². The lowest BCUT2D eigenvalue weighted by Crippen LogP contribution is -2.23. The van der Waals surface area contributed by atoms with Gasteiger partial charge in [0.2, 0.25) is 0 Å². The summed E-state index contributed by atoms with van der Waals surface area (Å²) in [4.78, 5) is 37.9. The fourth-order valence-corrected chi connectivity index (χ4v) is 1.98. The predicted octanol–water partition coefficient (Wildman–Crippen LogP) is 4.16.